The molecule has 0 spiro atoms. The minimum atomic E-state index is -3.25. The van der Waals surface area contributed by atoms with Gasteiger partial charge < -0.3 is 10.0 Å². The second kappa shape index (κ2) is 8.63. The number of carboxylic acids is 1. The Labute approximate surface area is 153 Å². The molecule has 0 saturated carbocycles. The topological polar surface area (TPSA) is 113 Å². The molecule has 1 saturated heterocycles. The summed E-state index contributed by atoms with van der Waals surface area (Å²) < 4.78 is 27.0. The first kappa shape index (κ1) is 20.4. The van der Waals surface area contributed by atoms with Crippen LogP contribution in [0.25, 0.3) is 0 Å². The average molecular weight is 386 g/mol. The van der Waals surface area contributed by atoms with Crippen molar-refractivity contribution < 1.29 is 23.1 Å². The van der Waals surface area contributed by atoms with Gasteiger partial charge in [-0.2, -0.15) is 5.10 Å². The van der Waals surface area contributed by atoms with Crippen LogP contribution in [0.1, 0.15) is 31.7 Å². The third-order valence-electron chi connectivity index (χ3n) is 4.63. The van der Waals surface area contributed by atoms with Crippen LogP contribution in [0, 0.1) is 0 Å². The van der Waals surface area contributed by atoms with Crippen molar-refractivity contribution in [2.24, 2.45) is 7.05 Å². The molecule has 26 heavy (non-hydrogen) atoms. The van der Waals surface area contributed by atoms with Crippen molar-refractivity contribution in [3.8, 4) is 0 Å². The highest BCUT2D eigenvalue weighted by Gasteiger charge is 2.32. The van der Waals surface area contributed by atoms with Crippen molar-refractivity contribution in [3.05, 3.63) is 18.0 Å². The van der Waals surface area contributed by atoms with Crippen LogP contribution in [0.4, 0.5) is 0 Å². The first-order valence-corrected chi connectivity index (χ1v) is 10.3. The van der Waals surface area contributed by atoms with Crippen LogP contribution in [0.2, 0.25) is 0 Å². The summed E-state index contributed by atoms with van der Waals surface area (Å²) in [4.78, 5) is 25.2. The lowest BCUT2D eigenvalue weighted by Gasteiger charge is -2.37. The van der Waals surface area contributed by atoms with Crippen LogP contribution < -0.4 is 0 Å². The highest BCUT2D eigenvalue weighted by Crippen LogP contribution is 2.20. The van der Waals surface area contributed by atoms with Crippen molar-refractivity contribution in [2.75, 3.05) is 25.4 Å². The summed E-state index contributed by atoms with van der Waals surface area (Å²) in [7, 11) is -1.46. The number of aromatic nitrogens is 2. The van der Waals surface area contributed by atoms with Gasteiger partial charge in [-0.05, 0) is 31.7 Å². The van der Waals surface area contributed by atoms with Gasteiger partial charge >= 0.3 is 5.97 Å². The molecule has 0 aromatic carbocycles. The fourth-order valence-corrected chi connectivity index (χ4v) is 4.31. The third kappa shape index (κ3) is 5.28. The van der Waals surface area contributed by atoms with E-state index in [9.17, 15) is 18.0 Å². The van der Waals surface area contributed by atoms with Gasteiger partial charge in [0.25, 0.3) is 0 Å². The van der Waals surface area contributed by atoms with E-state index in [2.05, 4.69) is 5.10 Å². The van der Waals surface area contributed by atoms with E-state index in [1.54, 1.807) is 24.9 Å². The van der Waals surface area contributed by atoms with Crippen molar-refractivity contribution in [3.63, 3.8) is 0 Å². The molecule has 1 N–H and O–H groups in total. The Kier molecular flexibility index (Phi) is 6.76. The van der Waals surface area contributed by atoms with Gasteiger partial charge in [0.05, 0.1) is 11.9 Å². The zero-order valence-electron chi connectivity index (χ0n) is 15.2. The summed E-state index contributed by atoms with van der Waals surface area (Å²) in [5, 5.41) is 13.2. The van der Waals surface area contributed by atoms with Crippen LogP contribution in [0.15, 0.2) is 12.4 Å². The summed E-state index contributed by atoms with van der Waals surface area (Å²) in [5.74, 6) is -1.25. The molecular formula is C16H26N4O5S. The highest BCUT2D eigenvalue weighted by molar-refractivity contribution is 7.89. The predicted molar refractivity (Wildman–Crippen MR) is 94.9 cm³/mol. The number of sulfonamides is 1. The summed E-state index contributed by atoms with van der Waals surface area (Å²) >= 11 is 0. The minimum absolute atomic E-state index is 0.0422. The number of carbonyl (C=O) groups is 2. The van der Waals surface area contributed by atoms with Crippen LogP contribution in [-0.4, -0.2) is 75.8 Å². The third-order valence-corrected chi connectivity index (χ3v) is 6.52. The van der Waals surface area contributed by atoms with E-state index in [0.29, 0.717) is 32.4 Å². The van der Waals surface area contributed by atoms with Gasteiger partial charge in [0, 0.05) is 38.8 Å². The number of hydrogen-bond acceptors (Lipinski definition) is 5. The van der Waals surface area contributed by atoms with Crippen LogP contribution in [0.5, 0.6) is 0 Å². The van der Waals surface area contributed by atoms with E-state index in [1.807, 2.05) is 6.20 Å². The van der Waals surface area contributed by atoms with E-state index < -0.39 is 16.0 Å². The molecule has 1 aromatic rings. The lowest BCUT2D eigenvalue weighted by molar-refractivity contribution is -0.146. The van der Waals surface area contributed by atoms with Gasteiger partial charge in [0.1, 0.15) is 6.54 Å². The Hall–Kier alpha value is -1.94. The molecule has 2 heterocycles. The molecule has 0 aliphatic carbocycles. The van der Waals surface area contributed by atoms with E-state index in [1.165, 1.54) is 9.21 Å². The second-order valence-electron chi connectivity index (χ2n) is 6.47. The molecule has 10 heteroatoms. The maximum Gasteiger partial charge on any atom is 0.323 e. The van der Waals surface area contributed by atoms with Crippen molar-refractivity contribution >= 4 is 21.9 Å². The number of carboxylic acid groups (broad SMARTS) is 1. The minimum Gasteiger partial charge on any atom is -0.480 e. The van der Waals surface area contributed by atoms with Gasteiger partial charge in [0.2, 0.25) is 15.9 Å². The highest BCUT2D eigenvalue weighted by atomic mass is 32.2. The number of nitrogens with zero attached hydrogens (tertiary/aromatic N) is 4. The number of rotatable bonds is 8. The Morgan fingerprint density at radius 1 is 1.35 bits per heavy atom. The summed E-state index contributed by atoms with van der Waals surface area (Å²) in [6.07, 6.45) is 5.10. The van der Waals surface area contributed by atoms with Gasteiger partial charge in [-0.15, -0.1) is 0 Å². The smallest absolute Gasteiger partial charge is 0.323 e. The molecule has 0 atom stereocenters. The molecule has 9 nitrogen and oxygen atoms in total. The average Bonchev–Trinajstić information content (AvgIpc) is 3.03. The molecule has 1 aliphatic rings. The van der Waals surface area contributed by atoms with Crippen molar-refractivity contribution in [2.45, 2.75) is 38.6 Å². The van der Waals surface area contributed by atoms with E-state index in [4.69, 9.17) is 5.11 Å². The molecule has 2 rings (SSSR count). The molecule has 1 amide bonds. The Morgan fingerprint density at radius 3 is 2.50 bits per heavy atom. The fourth-order valence-electron chi connectivity index (χ4n) is 3.18. The Morgan fingerprint density at radius 2 is 2.00 bits per heavy atom. The maximum absolute atomic E-state index is 12.6. The fraction of sp³-hybridized carbons (Fsp3) is 0.688. The molecule has 146 valence electrons. The zero-order valence-corrected chi connectivity index (χ0v) is 16.0. The van der Waals surface area contributed by atoms with Gasteiger partial charge in [-0.1, -0.05) is 0 Å². The largest absolute Gasteiger partial charge is 0.480 e. The Bertz CT molecular complexity index is 738. The zero-order chi connectivity index (χ0) is 19.3. The quantitative estimate of drug-likeness (QED) is 0.677. The predicted octanol–water partition coefficient (Wildman–Crippen LogP) is 0.0800. The monoisotopic (exact) mass is 386 g/mol. The normalized spacial score (nSPS) is 16.5. The van der Waals surface area contributed by atoms with Crippen LogP contribution >= 0.6 is 0 Å². The lowest BCUT2D eigenvalue weighted by Crippen LogP contribution is -2.50. The van der Waals surface area contributed by atoms with Crippen molar-refractivity contribution in [1.29, 1.82) is 0 Å². The first-order valence-electron chi connectivity index (χ1n) is 8.69. The number of aryl methyl sites for hydroxylation is 2. The second-order valence-corrected chi connectivity index (χ2v) is 8.73. The number of aliphatic carboxylic acids is 1. The number of carbonyl (C=O) groups excluding carboxylic acids is 1. The van der Waals surface area contributed by atoms with Crippen molar-refractivity contribution in [1.82, 2.24) is 19.0 Å². The standard InChI is InChI=1S/C16H26N4O5S/c1-3-26(24,25)19-8-6-14(7-9-19)20(12-16(22)23)15(21)5-4-13-10-17-18(2)11-13/h10-11,14H,3-9,12H2,1-2H3,(H,22,23). The van der Waals surface area contributed by atoms with Gasteiger partial charge in [-0.3, -0.25) is 14.3 Å². The van der Waals surface area contributed by atoms with E-state index in [0.717, 1.165) is 5.56 Å². The first-order chi connectivity index (χ1) is 12.2. The van der Waals surface area contributed by atoms with Crippen LogP contribution in [0.3, 0.4) is 0 Å². The molecule has 1 aliphatic heterocycles. The summed E-state index contributed by atoms with van der Waals surface area (Å²) in [6, 6.07) is -0.254. The lowest BCUT2D eigenvalue weighted by atomic mass is 10.0. The molecule has 0 radical (unpaired) electrons. The maximum atomic E-state index is 12.6. The number of piperidine rings is 1. The molecule has 0 bridgehead atoms. The molecule has 0 unspecified atom stereocenters. The number of hydrogen-bond donors (Lipinski definition) is 1. The number of amides is 1. The SMILES string of the molecule is CCS(=O)(=O)N1CCC(N(CC(=O)O)C(=O)CCc2cnn(C)c2)CC1. The molecule has 1 aromatic heterocycles. The van der Waals surface area contributed by atoms with E-state index in [-0.39, 0.29) is 30.7 Å². The molecule has 1 fully saturated rings. The van der Waals surface area contributed by atoms with Gasteiger partial charge in [0.15, 0.2) is 0 Å². The molecular weight excluding hydrogens is 360 g/mol. The van der Waals surface area contributed by atoms with E-state index >= 15 is 0 Å². The summed E-state index contributed by atoms with van der Waals surface area (Å²) in [5.41, 5.74) is 0.917. The Balaban J connectivity index is 1.98. The van der Waals surface area contributed by atoms with Crippen LogP contribution in [-0.2, 0) is 33.1 Å². The van der Waals surface area contributed by atoms with Gasteiger partial charge in [-0.25, -0.2) is 12.7 Å². The summed E-state index contributed by atoms with van der Waals surface area (Å²) in [6.45, 7) is 1.86.